The van der Waals surface area contributed by atoms with Crippen molar-refractivity contribution in [3.63, 3.8) is 0 Å². The monoisotopic (exact) mass is 161 g/mol. The molecule has 4 heteroatoms. The average Bonchev–Trinajstić information content (AvgIpc) is 1.86. The molecule has 0 aliphatic carbocycles. The third-order valence-electron chi connectivity index (χ3n) is 0.884. The molecular weight excluding hydrogens is 146 g/mol. The van der Waals surface area contributed by atoms with Gasteiger partial charge in [0.2, 0.25) is 5.91 Å². The van der Waals surface area contributed by atoms with E-state index in [0.29, 0.717) is 0 Å². The van der Waals surface area contributed by atoms with Crippen molar-refractivity contribution in [2.45, 2.75) is 19.9 Å². The summed E-state index contributed by atoms with van der Waals surface area (Å²) in [7, 11) is 1.51. The van der Waals surface area contributed by atoms with Crippen molar-refractivity contribution in [2.24, 2.45) is 0 Å². The Morgan fingerprint density at radius 2 is 2.18 bits per heavy atom. The highest BCUT2D eigenvalue weighted by Crippen LogP contribution is 1.79. The van der Waals surface area contributed by atoms with Gasteiger partial charge in [-0.05, 0) is 13.8 Å². The summed E-state index contributed by atoms with van der Waals surface area (Å²) in [6.45, 7) is 4.01. The van der Waals surface area contributed by atoms with E-state index < -0.39 is 0 Å². The van der Waals surface area contributed by atoms with Gasteiger partial charge in [0.1, 0.15) is 13.4 Å². The number of hydrogen-bond acceptors (Lipinski definition) is 3. The lowest BCUT2D eigenvalue weighted by molar-refractivity contribution is -0.130. The van der Waals surface area contributed by atoms with Crippen LogP contribution in [0.1, 0.15) is 13.8 Å². The van der Waals surface area contributed by atoms with Crippen LogP contribution in [0.2, 0.25) is 0 Å². The lowest BCUT2D eigenvalue weighted by Crippen LogP contribution is -2.33. The van der Waals surface area contributed by atoms with Crippen LogP contribution >= 0.6 is 0 Å². The number of carbonyl (C=O) groups excluding carboxylic acids is 1. The second kappa shape index (κ2) is 6.12. The zero-order chi connectivity index (χ0) is 8.69. The summed E-state index contributed by atoms with van der Waals surface area (Å²) in [4.78, 5) is 10.8. The van der Waals surface area contributed by atoms with Crippen LogP contribution in [-0.2, 0) is 14.3 Å². The van der Waals surface area contributed by atoms with E-state index in [-0.39, 0.29) is 25.3 Å². The van der Waals surface area contributed by atoms with Crippen molar-refractivity contribution >= 4 is 5.91 Å². The summed E-state index contributed by atoms with van der Waals surface area (Å²) in [5.74, 6) is -0.114. The maximum absolute atomic E-state index is 10.8. The first-order valence-corrected chi connectivity index (χ1v) is 3.53. The van der Waals surface area contributed by atoms with Gasteiger partial charge in [-0.1, -0.05) is 0 Å². The molecule has 0 radical (unpaired) electrons. The Bertz CT molecular complexity index is 114. The Labute approximate surface area is 66.9 Å². The molecule has 66 valence electrons. The van der Waals surface area contributed by atoms with Gasteiger partial charge in [0, 0.05) is 13.2 Å². The van der Waals surface area contributed by atoms with Gasteiger partial charge in [0.05, 0.1) is 0 Å². The smallest absolute Gasteiger partial charge is 0.246 e. The van der Waals surface area contributed by atoms with Crippen LogP contribution < -0.4 is 5.32 Å². The molecule has 0 aromatic carbocycles. The molecule has 1 amide bonds. The molecule has 0 unspecified atom stereocenters. The molecule has 0 aliphatic rings. The topological polar surface area (TPSA) is 47.6 Å². The lowest BCUT2D eigenvalue weighted by Gasteiger charge is -2.07. The van der Waals surface area contributed by atoms with Gasteiger partial charge in [0.25, 0.3) is 0 Å². The van der Waals surface area contributed by atoms with E-state index in [1.807, 2.05) is 13.8 Å². The van der Waals surface area contributed by atoms with Crippen LogP contribution in [0.3, 0.4) is 0 Å². The van der Waals surface area contributed by atoms with Gasteiger partial charge in [-0.2, -0.15) is 0 Å². The van der Waals surface area contributed by atoms with Crippen LogP contribution in [-0.4, -0.2) is 32.5 Å². The lowest BCUT2D eigenvalue weighted by atomic mass is 10.4. The predicted octanol–water partition coefficient (Wildman–Crippen LogP) is 0.131. The quantitative estimate of drug-likeness (QED) is 0.460. The summed E-state index contributed by atoms with van der Waals surface area (Å²) in [6.07, 6.45) is 0. The van der Waals surface area contributed by atoms with Crippen molar-refractivity contribution < 1.29 is 14.3 Å². The first-order valence-electron chi connectivity index (χ1n) is 3.53. The summed E-state index contributed by atoms with van der Waals surface area (Å²) >= 11 is 0. The SMILES string of the molecule is COCOCC(=O)NC(C)C. The van der Waals surface area contributed by atoms with Crippen LogP contribution in [0.15, 0.2) is 0 Å². The number of carbonyl (C=O) groups is 1. The third kappa shape index (κ3) is 7.29. The summed E-state index contributed by atoms with van der Waals surface area (Å²) in [5, 5.41) is 2.68. The molecule has 0 aromatic heterocycles. The van der Waals surface area contributed by atoms with Gasteiger partial charge < -0.3 is 14.8 Å². The minimum Gasteiger partial charge on any atom is -0.359 e. The largest absolute Gasteiger partial charge is 0.359 e. The van der Waals surface area contributed by atoms with E-state index in [1.165, 1.54) is 7.11 Å². The van der Waals surface area contributed by atoms with Crippen molar-refractivity contribution in [2.75, 3.05) is 20.5 Å². The molecule has 0 saturated heterocycles. The first kappa shape index (κ1) is 10.4. The molecule has 0 heterocycles. The molecule has 1 N–H and O–H groups in total. The van der Waals surface area contributed by atoms with Crippen LogP contribution in [0.25, 0.3) is 0 Å². The average molecular weight is 161 g/mol. The number of hydrogen-bond donors (Lipinski definition) is 1. The van der Waals surface area contributed by atoms with E-state index in [4.69, 9.17) is 4.74 Å². The molecule has 4 nitrogen and oxygen atoms in total. The Kier molecular flexibility index (Phi) is 5.78. The number of ether oxygens (including phenoxy) is 2. The van der Waals surface area contributed by atoms with Crippen LogP contribution in [0, 0.1) is 0 Å². The van der Waals surface area contributed by atoms with E-state index in [0.717, 1.165) is 0 Å². The molecular formula is C7H15NO3. The standard InChI is InChI=1S/C7H15NO3/c1-6(2)8-7(9)4-11-5-10-3/h6H,4-5H2,1-3H3,(H,8,9). The fourth-order valence-electron chi connectivity index (χ4n) is 0.581. The highest BCUT2D eigenvalue weighted by Gasteiger charge is 2.01. The van der Waals surface area contributed by atoms with E-state index in [1.54, 1.807) is 0 Å². The van der Waals surface area contributed by atoms with Gasteiger partial charge >= 0.3 is 0 Å². The summed E-state index contributed by atoms with van der Waals surface area (Å²) in [5.41, 5.74) is 0. The van der Waals surface area contributed by atoms with Crippen molar-refractivity contribution in [3.05, 3.63) is 0 Å². The Balaban J connectivity index is 3.23. The Morgan fingerprint density at radius 1 is 1.55 bits per heavy atom. The third-order valence-corrected chi connectivity index (χ3v) is 0.884. The fourth-order valence-corrected chi connectivity index (χ4v) is 0.581. The van der Waals surface area contributed by atoms with E-state index >= 15 is 0 Å². The maximum Gasteiger partial charge on any atom is 0.246 e. The predicted molar refractivity (Wildman–Crippen MR) is 41.1 cm³/mol. The molecule has 0 bridgehead atoms. The van der Waals surface area contributed by atoms with Gasteiger partial charge in [-0.15, -0.1) is 0 Å². The van der Waals surface area contributed by atoms with Crippen molar-refractivity contribution in [1.82, 2.24) is 5.32 Å². The molecule has 0 spiro atoms. The van der Waals surface area contributed by atoms with Crippen LogP contribution in [0.5, 0.6) is 0 Å². The normalized spacial score (nSPS) is 10.2. The van der Waals surface area contributed by atoms with Gasteiger partial charge in [0.15, 0.2) is 0 Å². The number of amides is 1. The highest BCUT2D eigenvalue weighted by atomic mass is 16.7. The van der Waals surface area contributed by atoms with Gasteiger partial charge in [-0.3, -0.25) is 4.79 Å². The van der Waals surface area contributed by atoms with E-state index in [9.17, 15) is 4.79 Å². The Hall–Kier alpha value is -0.610. The fraction of sp³-hybridized carbons (Fsp3) is 0.857. The molecule has 0 rings (SSSR count). The molecule has 0 fully saturated rings. The number of nitrogens with one attached hydrogen (secondary N) is 1. The highest BCUT2D eigenvalue weighted by molar-refractivity contribution is 5.77. The summed E-state index contributed by atoms with van der Waals surface area (Å²) < 4.78 is 9.41. The van der Waals surface area contributed by atoms with Crippen LogP contribution in [0.4, 0.5) is 0 Å². The molecule has 11 heavy (non-hydrogen) atoms. The molecule has 0 saturated carbocycles. The second-order valence-electron chi connectivity index (χ2n) is 2.48. The van der Waals surface area contributed by atoms with E-state index in [2.05, 4.69) is 10.1 Å². The first-order chi connectivity index (χ1) is 5.16. The zero-order valence-corrected chi connectivity index (χ0v) is 7.22. The summed E-state index contributed by atoms with van der Waals surface area (Å²) in [6, 6.07) is 0.161. The zero-order valence-electron chi connectivity index (χ0n) is 7.22. The second-order valence-corrected chi connectivity index (χ2v) is 2.48. The molecule has 0 aromatic rings. The van der Waals surface area contributed by atoms with Crippen molar-refractivity contribution in [3.8, 4) is 0 Å². The maximum atomic E-state index is 10.8. The minimum absolute atomic E-state index is 0.0615. The Morgan fingerprint density at radius 3 is 2.64 bits per heavy atom. The van der Waals surface area contributed by atoms with Crippen molar-refractivity contribution in [1.29, 1.82) is 0 Å². The minimum atomic E-state index is -0.114. The van der Waals surface area contributed by atoms with Gasteiger partial charge in [-0.25, -0.2) is 0 Å². The number of rotatable bonds is 5. The molecule has 0 aliphatic heterocycles. The number of methoxy groups -OCH3 is 1. The molecule has 0 atom stereocenters.